The third-order valence-electron chi connectivity index (χ3n) is 4.99. The lowest BCUT2D eigenvalue weighted by molar-refractivity contribution is -0.130. The van der Waals surface area contributed by atoms with Crippen molar-refractivity contribution >= 4 is 21.9 Å². The fourth-order valence-electron chi connectivity index (χ4n) is 3.38. The molecule has 3 rings (SSSR count). The Morgan fingerprint density at radius 2 is 1.90 bits per heavy atom. The van der Waals surface area contributed by atoms with Crippen LogP contribution in [-0.2, 0) is 26.0 Å². The first-order valence-electron chi connectivity index (χ1n) is 9.44. The molecule has 0 saturated heterocycles. The molecule has 2 aromatic carbocycles. The third kappa shape index (κ3) is 4.83. The van der Waals surface area contributed by atoms with Crippen molar-refractivity contribution in [1.82, 2.24) is 10.0 Å². The molecule has 7 nitrogen and oxygen atoms in total. The van der Waals surface area contributed by atoms with Gasteiger partial charge >= 0.3 is 5.97 Å². The topological polar surface area (TPSA) is 102 Å². The molecule has 0 saturated carbocycles. The highest BCUT2D eigenvalue weighted by atomic mass is 32.2. The van der Waals surface area contributed by atoms with Gasteiger partial charge in [-0.15, -0.1) is 0 Å². The molecular weight excluding hydrogens is 392 g/mol. The summed E-state index contributed by atoms with van der Waals surface area (Å²) < 4.78 is 31.3. The standard InChI is InChI=1S/C21H24N2O5S/c1-14(20(24)23-19-12-6-8-15-7-3-4-11-18(15)19)28-21(25)16-9-5-10-17(13-16)29(26,27)22-2/h3-5,7,9-11,13-14,19,22H,6,8,12H2,1-2H3,(H,23,24)/t14-,19-/m0/s1. The van der Waals surface area contributed by atoms with Crippen LogP contribution in [0, 0.1) is 0 Å². The number of fused-ring (bicyclic) bond motifs is 1. The normalized spacial score (nSPS) is 17.1. The summed E-state index contributed by atoms with van der Waals surface area (Å²) in [5.41, 5.74) is 2.37. The van der Waals surface area contributed by atoms with Gasteiger partial charge in [0.2, 0.25) is 10.0 Å². The van der Waals surface area contributed by atoms with Crippen LogP contribution in [-0.4, -0.2) is 33.4 Å². The average molecular weight is 416 g/mol. The Kier molecular flexibility index (Phi) is 6.34. The van der Waals surface area contributed by atoms with Crippen LogP contribution in [0.25, 0.3) is 0 Å². The molecule has 2 atom stereocenters. The average Bonchev–Trinajstić information content (AvgIpc) is 2.74. The van der Waals surface area contributed by atoms with Crippen molar-refractivity contribution in [3.05, 3.63) is 65.2 Å². The molecule has 0 unspecified atom stereocenters. The zero-order chi connectivity index (χ0) is 21.0. The Balaban J connectivity index is 1.66. The predicted octanol–water partition coefficient (Wildman–Crippen LogP) is 2.33. The van der Waals surface area contributed by atoms with E-state index in [1.54, 1.807) is 0 Å². The number of rotatable bonds is 6. The molecule has 1 amide bonds. The number of carbonyl (C=O) groups excluding carboxylic acids is 2. The second kappa shape index (κ2) is 8.75. The number of hydrogen-bond donors (Lipinski definition) is 2. The van der Waals surface area contributed by atoms with Crippen LogP contribution >= 0.6 is 0 Å². The molecule has 154 valence electrons. The van der Waals surface area contributed by atoms with Gasteiger partial charge in [0, 0.05) is 0 Å². The van der Waals surface area contributed by atoms with Crippen LogP contribution in [0.5, 0.6) is 0 Å². The summed E-state index contributed by atoms with van der Waals surface area (Å²) in [4.78, 5) is 24.9. The first kappa shape index (κ1) is 21.0. The van der Waals surface area contributed by atoms with E-state index in [1.807, 2.05) is 18.2 Å². The molecule has 2 N–H and O–H groups in total. The van der Waals surface area contributed by atoms with Gasteiger partial charge in [-0.05, 0) is 62.6 Å². The molecule has 8 heteroatoms. The maximum atomic E-state index is 12.6. The van der Waals surface area contributed by atoms with Crippen LogP contribution in [0.1, 0.15) is 47.3 Å². The first-order valence-corrected chi connectivity index (χ1v) is 10.9. The summed E-state index contributed by atoms with van der Waals surface area (Å²) in [5, 5.41) is 2.95. The lowest BCUT2D eigenvalue weighted by Crippen LogP contribution is -2.39. The maximum absolute atomic E-state index is 12.6. The number of ether oxygens (including phenoxy) is 1. The van der Waals surface area contributed by atoms with E-state index < -0.39 is 22.1 Å². The quantitative estimate of drug-likeness (QED) is 0.704. The van der Waals surface area contributed by atoms with E-state index in [0.717, 1.165) is 24.8 Å². The van der Waals surface area contributed by atoms with Crippen molar-refractivity contribution in [3.63, 3.8) is 0 Å². The van der Waals surface area contributed by atoms with Gasteiger partial charge in [0.25, 0.3) is 5.91 Å². The minimum absolute atomic E-state index is 0.0506. The molecule has 0 radical (unpaired) electrons. The molecule has 0 spiro atoms. The van der Waals surface area contributed by atoms with Crippen LogP contribution < -0.4 is 10.0 Å². The maximum Gasteiger partial charge on any atom is 0.338 e. The molecule has 0 heterocycles. The van der Waals surface area contributed by atoms with Crippen LogP contribution in [0.4, 0.5) is 0 Å². The summed E-state index contributed by atoms with van der Waals surface area (Å²) in [7, 11) is -2.40. The molecule has 0 aromatic heterocycles. The van der Waals surface area contributed by atoms with E-state index in [1.165, 1.54) is 43.8 Å². The molecule has 0 bridgehead atoms. The molecule has 1 aliphatic carbocycles. The summed E-state index contributed by atoms with van der Waals surface area (Å²) >= 11 is 0. The van der Waals surface area contributed by atoms with Crippen molar-refractivity contribution in [1.29, 1.82) is 0 Å². The zero-order valence-corrected chi connectivity index (χ0v) is 17.2. The monoisotopic (exact) mass is 416 g/mol. The van der Waals surface area contributed by atoms with Gasteiger partial charge in [0.1, 0.15) is 0 Å². The minimum atomic E-state index is -3.68. The van der Waals surface area contributed by atoms with E-state index in [4.69, 9.17) is 4.74 Å². The number of aryl methyl sites for hydroxylation is 1. The highest BCUT2D eigenvalue weighted by Gasteiger charge is 2.26. The van der Waals surface area contributed by atoms with Gasteiger partial charge in [-0.2, -0.15) is 0 Å². The lowest BCUT2D eigenvalue weighted by Gasteiger charge is -2.27. The minimum Gasteiger partial charge on any atom is -0.449 e. The summed E-state index contributed by atoms with van der Waals surface area (Å²) in [6.07, 6.45) is 1.77. The highest BCUT2D eigenvalue weighted by molar-refractivity contribution is 7.89. The molecule has 2 aromatic rings. The lowest BCUT2D eigenvalue weighted by atomic mass is 9.87. The van der Waals surface area contributed by atoms with E-state index in [0.29, 0.717) is 0 Å². The predicted molar refractivity (Wildman–Crippen MR) is 108 cm³/mol. The third-order valence-corrected chi connectivity index (χ3v) is 6.40. The Hall–Kier alpha value is -2.71. The van der Waals surface area contributed by atoms with Gasteiger partial charge < -0.3 is 10.1 Å². The Morgan fingerprint density at radius 1 is 1.14 bits per heavy atom. The summed E-state index contributed by atoms with van der Waals surface area (Å²) in [6, 6.07) is 13.4. The van der Waals surface area contributed by atoms with Gasteiger partial charge in [0.05, 0.1) is 16.5 Å². The number of sulfonamides is 1. The van der Waals surface area contributed by atoms with E-state index in [2.05, 4.69) is 16.1 Å². The van der Waals surface area contributed by atoms with E-state index in [-0.39, 0.29) is 22.4 Å². The Morgan fingerprint density at radius 3 is 2.66 bits per heavy atom. The van der Waals surface area contributed by atoms with Gasteiger partial charge in [-0.3, -0.25) is 4.79 Å². The Labute approximate surface area is 170 Å². The summed E-state index contributed by atoms with van der Waals surface area (Å²) in [5.74, 6) is -1.15. The van der Waals surface area contributed by atoms with Crippen molar-refractivity contribution in [2.75, 3.05) is 7.05 Å². The van der Waals surface area contributed by atoms with E-state index >= 15 is 0 Å². The molecule has 1 aliphatic rings. The van der Waals surface area contributed by atoms with Gasteiger partial charge in [0.15, 0.2) is 6.10 Å². The number of benzene rings is 2. The number of carbonyl (C=O) groups is 2. The van der Waals surface area contributed by atoms with Crippen LogP contribution in [0.3, 0.4) is 0 Å². The van der Waals surface area contributed by atoms with Crippen molar-refractivity contribution < 1.29 is 22.7 Å². The van der Waals surface area contributed by atoms with Gasteiger partial charge in [-0.1, -0.05) is 30.3 Å². The smallest absolute Gasteiger partial charge is 0.338 e. The molecule has 29 heavy (non-hydrogen) atoms. The highest BCUT2D eigenvalue weighted by Crippen LogP contribution is 2.29. The largest absolute Gasteiger partial charge is 0.449 e. The fourth-order valence-corrected chi connectivity index (χ4v) is 4.16. The van der Waals surface area contributed by atoms with Crippen LogP contribution in [0.2, 0.25) is 0 Å². The molecule has 0 aliphatic heterocycles. The second-order valence-corrected chi connectivity index (χ2v) is 8.82. The number of nitrogens with one attached hydrogen (secondary N) is 2. The van der Waals surface area contributed by atoms with Crippen molar-refractivity contribution in [2.45, 2.75) is 43.2 Å². The zero-order valence-electron chi connectivity index (χ0n) is 16.3. The van der Waals surface area contributed by atoms with Crippen molar-refractivity contribution in [2.24, 2.45) is 0 Å². The second-order valence-electron chi connectivity index (χ2n) is 6.94. The van der Waals surface area contributed by atoms with Crippen LogP contribution in [0.15, 0.2) is 53.4 Å². The number of hydrogen-bond acceptors (Lipinski definition) is 5. The molecule has 0 fully saturated rings. The number of amides is 1. The van der Waals surface area contributed by atoms with E-state index in [9.17, 15) is 18.0 Å². The van der Waals surface area contributed by atoms with Crippen molar-refractivity contribution in [3.8, 4) is 0 Å². The number of esters is 1. The summed E-state index contributed by atoms with van der Waals surface area (Å²) in [6.45, 7) is 1.50. The van der Waals surface area contributed by atoms with Gasteiger partial charge in [-0.25, -0.2) is 17.9 Å². The molecular formula is C21H24N2O5S. The fraction of sp³-hybridized carbons (Fsp3) is 0.333. The Bertz CT molecular complexity index is 1020. The SMILES string of the molecule is CNS(=O)(=O)c1cccc(C(=O)O[C@@H](C)C(=O)N[C@H]2CCCc3ccccc32)c1. The first-order chi connectivity index (χ1) is 13.8.